The summed E-state index contributed by atoms with van der Waals surface area (Å²) in [5.41, 5.74) is 1.66. The van der Waals surface area contributed by atoms with Crippen LogP contribution in [0.2, 0.25) is 0 Å². The molecule has 1 amide bonds. The van der Waals surface area contributed by atoms with Crippen LogP contribution in [0.4, 0.5) is 11.4 Å². The molecule has 0 atom stereocenters. The Kier molecular flexibility index (Phi) is 5.06. The lowest BCUT2D eigenvalue weighted by atomic mass is 10.1. The van der Waals surface area contributed by atoms with E-state index in [1.165, 1.54) is 36.2 Å². The number of anilines is 1. The van der Waals surface area contributed by atoms with Crippen LogP contribution in [0.3, 0.4) is 0 Å². The number of nitro benzene ring substituents is 1. The monoisotopic (exact) mass is 387 g/mol. The first-order valence-electron chi connectivity index (χ1n) is 8.13. The van der Waals surface area contributed by atoms with Crippen molar-refractivity contribution in [2.75, 3.05) is 18.5 Å². The summed E-state index contributed by atoms with van der Waals surface area (Å²) >= 11 is 0. The molecule has 2 aromatic carbocycles. The van der Waals surface area contributed by atoms with E-state index in [0.717, 1.165) is 5.56 Å². The second-order valence-electron chi connectivity index (χ2n) is 5.89. The number of nitro groups is 1. The molecule has 1 aliphatic rings. The Labute approximate surface area is 156 Å². The van der Waals surface area contributed by atoms with Crippen molar-refractivity contribution in [3.63, 3.8) is 0 Å². The quantitative estimate of drug-likeness (QED) is 0.480. The zero-order valence-corrected chi connectivity index (χ0v) is 15.3. The van der Waals surface area contributed by atoms with E-state index in [1.54, 1.807) is 30.3 Å². The van der Waals surface area contributed by atoms with E-state index in [-0.39, 0.29) is 16.5 Å². The first-order valence-corrected chi connectivity index (χ1v) is 9.61. The van der Waals surface area contributed by atoms with Crippen LogP contribution in [-0.4, -0.2) is 32.8 Å². The van der Waals surface area contributed by atoms with E-state index < -0.39 is 14.9 Å². The molecule has 0 radical (unpaired) electrons. The Morgan fingerprint density at radius 2 is 2.00 bits per heavy atom. The number of nitrogens with one attached hydrogen (secondary N) is 1. The average molecular weight is 387 g/mol. The van der Waals surface area contributed by atoms with E-state index in [4.69, 9.17) is 0 Å². The van der Waals surface area contributed by atoms with Gasteiger partial charge in [-0.2, -0.15) is 0 Å². The van der Waals surface area contributed by atoms with Gasteiger partial charge in [-0.1, -0.05) is 12.1 Å². The predicted molar refractivity (Wildman–Crippen MR) is 101 cm³/mol. The molecular formula is C18H17N3O5S. The van der Waals surface area contributed by atoms with Gasteiger partial charge in [0.2, 0.25) is 10.0 Å². The SMILES string of the molecule is CNS(=O)(=O)c1ccc2c(c1)CCN2C(=O)/C=C/c1ccccc1[N+](=O)[O-]. The summed E-state index contributed by atoms with van der Waals surface area (Å²) in [6.45, 7) is 0.415. The molecule has 2 aromatic rings. The fourth-order valence-corrected chi connectivity index (χ4v) is 3.72. The number of hydrogen-bond acceptors (Lipinski definition) is 5. The summed E-state index contributed by atoms with van der Waals surface area (Å²) in [4.78, 5) is 24.8. The van der Waals surface area contributed by atoms with Crippen LogP contribution in [0.15, 0.2) is 53.4 Å². The highest BCUT2D eigenvalue weighted by Crippen LogP contribution is 2.30. The second kappa shape index (κ2) is 7.29. The molecule has 1 N–H and O–H groups in total. The Morgan fingerprint density at radius 3 is 2.70 bits per heavy atom. The maximum absolute atomic E-state index is 12.5. The van der Waals surface area contributed by atoms with Crippen molar-refractivity contribution in [2.45, 2.75) is 11.3 Å². The lowest BCUT2D eigenvalue weighted by molar-refractivity contribution is -0.385. The van der Waals surface area contributed by atoms with Gasteiger partial charge in [-0.25, -0.2) is 13.1 Å². The number of carbonyl (C=O) groups excluding carboxylic acids is 1. The van der Waals surface area contributed by atoms with Gasteiger partial charge in [-0.3, -0.25) is 14.9 Å². The Hall–Kier alpha value is -3.04. The second-order valence-corrected chi connectivity index (χ2v) is 7.77. The minimum Gasteiger partial charge on any atom is -0.308 e. The minimum absolute atomic E-state index is 0.0784. The zero-order valence-electron chi connectivity index (χ0n) is 14.5. The van der Waals surface area contributed by atoms with E-state index in [0.29, 0.717) is 24.2 Å². The lowest BCUT2D eigenvalue weighted by Crippen LogP contribution is -2.26. The molecule has 0 bridgehead atoms. The maximum Gasteiger partial charge on any atom is 0.276 e. The number of carbonyl (C=O) groups is 1. The van der Waals surface area contributed by atoms with Gasteiger partial charge in [0.15, 0.2) is 0 Å². The van der Waals surface area contributed by atoms with Crippen molar-refractivity contribution in [1.29, 1.82) is 0 Å². The topological polar surface area (TPSA) is 110 Å². The largest absolute Gasteiger partial charge is 0.308 e. The molecule has 0 fully saturated rings. The van der Waals surface area contributed by atoms with Crippen molar-refractivity contribution >= 4 is 33.4 Å². The molecule has 0 aromatic heterocycles. The summed E-state index contributed by atoms with van der Waals surface area (Å²) in [6.07, 6.45) is 3.24. The van der Waals surface area contributed by atoms with Crippen LogP contribution in [0.25, 0.3) is 6.08 Å². The molecule has 1 heterocycles. The van der Waals surface area contributed by atoms with Crippen molar-refractivity contribution in [2.24, 2.45) is 0 Å². The Bertz CT molecular complexity index is 1050. The molecular weight excluding hydrogens is 370 g/mol. The summed E-state index contributed by atoms with van der Waals surface area (Å²) < 4.78 is 26.1. The van der Waals surface area contributed by atoms with E-state index in [9.17, 15) is 23.3 Å². The molecule has 0 aliphatic carbocycles. The highest BCUT2D eigenvalue weighted by Gasteiger charge is 2.25. The standard InChI is InChI=1S/C18H17N3O5S/c1-19-27(25,26)15-7-8-16-14(12-15)10-11-20(16)18(22)9-6-13-4-2-3-5-17(13)21(23)24/h2-9,12,19H,10-11H2,1H3/b9-6+. The Morgan fingerprint density at radius 1 is 1.26 bits per heavy atom. The smallest absolute Gasteiger partial charge is 0.276 e. The number of rotatable bonds is 5. The third-order valence-electron chi connectivity index (χ3n) is 4.33. The number of amides is 1. The van der Waals surface area contributed by atoms with Crippen LogP contribution in [0.1, 0.15) is 11.1 Å². The summed E-state index contributed by atoms with van der Waals surface area (Å²) in [7, 11) is -2.21. The van der Waals surface area contributed by atoms with Gasteiger partial charge in [-0.15, -0.1) is 0 Å². The molecule has 0 unspecified atom stereocenters. The van der Waals surface area contributed by atoms with Gasteiger partial charge in [0.1, 0.15) is 0 Å². The van der Waals surface area contributed by atoms with E-state index >= 15 is 0 Å². The molecule has 27 heavy (non-hydrogen) atoms. The van der Waals surface area contributed by atoms with Gasteiger partial charge in [0.25, 0.3) is 11.6 Å². The molecule has 140 valence electrons. The zero-order chi connectivity index (χ0) is 19.6. The number of fused-ring (bicyclic) bond motifs is 1. The van der Waals surface area contributed by atoms with Gasteiger partial charge in [0.05, 0.1) is 15.4 Å². The van der Waals surface area contributed by atoms with Gasteiger partial charge < -0.3 is 4.90 Å². The number of nitrogens with zero attached hydrogens (tertiary/aromatic N) is 2. The predicted octanol–water partition coefficient (Wildman–Crippen LogP) is 2.11. The van der Waals surface area contributed by atoms with Crippen molar-refractivity contribution in [1.82, 2.24) is 4.72 Å². The molecule has 3 rings (SSSR count). The molecule has 0 saturated carbocycles. The highest BCUT2D eigenvalue weighted by molar-refractivity contribution is 7.89. The lowest BCUT2D eigenvalue weighted by Gasteiger charge is -2.15. The normalized spacial score (nSPS) is 13.7. The van der Waals surface area contributed by atoms with Crippen LogP contribution in [0.5, 0.6) is 0 Å². The van der Waals surface area contributed by atoms with Crippen LogP contribution in [-0.2, 0) is 21.2 Å². The minimum atomic E-state index is -3.55. The molecule has 0 spiro atoms. The number of para-hydroxylation sites is 1. The summed E-state index contributed by atoms with van der Waals surface area (Å²) in [5.74, 6) is -0.323. The number of benzene rings is 2. The van der Waals surface area contributed by atoms with Crippen molar-refractivity contribution in [3.8, 4) is 0 Å². The Balaban J connectivity index is 1.84. The fraction of sp³-hybridized carbons (Fsp3) is 0.167. The first-order chi connectivity index (χ1) is 12.8. The van der Waals surface area contributed by atoms with Gasteiger partial charge in [0, 0.05) is 24.4 Å². The maximum atomic E-state index is 12.5. The third-order valence-corrected chi connectivity index (χ3v) is 5.74. The van der Waals surface area contributed by atoms with Crippen LogP contribution >= 0.6 is 0 Å². The molecule has 1 aliphatic heterocycles. The fourth-order valence-electron chi connectivity index (χ4n) is 2.94. The van der Waals surface area contributed by atoms with Gasteiger partial charge in [-0.05, 0) is 49.4 Å². The van der Waals surface area contributed by atoms with Crippen molar-refractivity contribution in [3.05, 3.63) is 69.8 Å². The first kappa shape index (κ1) is 18.7. The van der Waals surface area contributed by atoms with Crippen LogP contribution < -0.4 is 9.62 Å². The molecule has 9 heteroatoms. The summed E-state index contributed by atoms with van der Waals surface area (Å²) in [5, 5.41) is 11.0. The van der Waals surface area contributed by atoms with E-state index in [1.807, 2.05) is 0 Å². The average Bonchev–Trinajstić information content (AvgIpc) is 3.09. The highest BCUT2D eigenvalue weighted by atomic mass is 32.2. The molecule has 0 saturated heterocycles. The van der Waals surface area contributed by atoms with E-state index in [2.05, 4.69) is 4.72 Å². The molecule has 8 nitrogen and oxygen atoms in total. The number of sulfonamides is 1. The number of hydrogen-bond donors (Lipinski definition) is 1. The van der Waals surface area contributed by atoms with Gasteiger partial charge >= 0.3 is 0 Å². The van der Waals surface area contributed by atoms with Crippen LogP contribution in [0, 0.1) is 10.1 Å². The summed E-state index contributed by atoms with van der Waals surface area (Å²) in [6, 6.07) is 10.8. The van der Waals surface area contributed by atoms with Crippen molar-refractivity contribution < 1.29 is 18.1 Å². The third kappa shape index (κ3) is 3.74.